The smallest absolute Gasteiger partial charge is 0.0504 e. The number of H-pyrrole nitrogens is 1. The van der Waals surface area contributed by atoms with Gasteiger partial charge in [-0.2, -0.15) is 0 Å². The second kappa shape index (κ2) is 4.92. The molecule has 2 nitrogen and oxygen atoms in total. The zero-order valence-electron chi connectivity index (χ0n) is 12.4. The van der Waals surface area contributed by atoms with Gasteiger partial charge in [-0.1, -0.05) is 38.0 Å². The molecule has 2 heteroatoms. The highest BCUT2D eigenvalue weighted by Crippen LogP contribution is 2.41. The molecule has 1 N–H and O–H groups in total. The molecule has 20 heavy (non-hydrogen) atoms. The van der Waals surface area contributed by atoms with Gasteiger partial charge in [-0.3, -0.25) is 4.90 Å². The van der Waals surface area contributed by atoms with Crippen LogP contribution >= 0.6 is 0 Å². The fraction of sp³-hybridized carbons (Fsp3) is 0.556. The molecule has 0 unspecified atom stereocenters. The van der Waals surface area contributed by atoms with E-state index >= 15 is 0 Å². The van der Waals surface area contributed by atoms with E-state index in [4.69, 9.17) is 0 Å². The van der Waals surface area contributed by atoms with Gasteiger partial charge in [0.05, 0.1) is 6.04 Å². The number of aromatic amines is 1. The minimum atomic E-state index is 0.649. The summed E-state index contributed by atoms with van der Waals surface area (Å²) >= 11 is 0. The van der Waals surface area contributed by atoms with E-state index in [1.165, 1.54) is 61.8 Å². The Hall–Kier alpha value is -1.28. The SMILES string of the molecule is CCC[C@H]1CCN2CCc3c([nH]c4ccccc34)[C@@H]2C1. The molecule has 1 saturated heterocycles. The quantitative estimate of drug-likeness (QED) is 0.861. The fourth-order valence-electron chi connectivity index (χ4n) is 4.36. The number of aromatic nitrogens is 1. The van der Waals surface area contributed by atoms with Gasteiger partial charge in [0.2, 0.25) is 0 Å². The number of hydrogen-bond donors (Lipinski definition) is 1. The third-order valence-corrected chi connectivity index (χ3v) is 5.35. The molecule has 106 valence electrons. The van der Waals surface area contributed by atoms with Crippen molar-refractivity contribution in [3.8, 4) is 0 Å². The number of hydrogen-bond acceptors (Lipinski definition) is 1. The third-order valence-electron chi connectivity index (χ3n) is 5.35. The number of nitrogens with one attached hydrogen (secondary N) is 1. The maximum absolute atomic E-state index is 3.74. The van der Waals surface area contributed by atoms with E-state index < -0.39 is 0 Å². The van der Waals surface area contributed by atoms with Gasteiger partial charge in [0, 0.05) is 23.1 Å². The lowest BCUT2D eigenvalue weighted by Crippen LogP contribution is -2.41. The van der Waals surface area contributed by atoms with Crippen molar-refractivity contribution in [1.29, 1.82) is 0 Å². The molecule has 1 aromatic heterocycles. The van der Waals surface area contributed by atoms with Crippen LogP contribution in [0.3, 0.4) is 0 Å². The summed E-state index contributed by atoms with van der Waals surface area (Å²) in [7, 11) is 0. The summed E-state index contributed by atoms with van der Waals surface area (Å²) in [5.74, 6) is 0.929. The second-order valence-corrected chi connectivity index (χ2v) is 6.54. The van der Waals surface area contributed by atoms with Crippen molar-refractivity contribution in [2.75, 3.05) is 13.1 Å². The number of nitrogens with zero attached hydrogens (tertiary/aromatic N) is 1. The predicted octanol–water partition coefficient (Wildman–Crippen LogP) is 4.28. The van der Waals surface area contributed by atoms with Crippen LogP contribution < -0.4 is 0 Å². The largest absolute Gasteiger partial charge is 0.357 e. The summed E-state index contributed by atoms with van der Waals surface area (Å²) in [6.45, 7) is 4.87. The first kappa shape index (κ1) is 12.5. The van der Waals surface area contributed by atoms with Crippen LogP contribution in [0.1, 0.15) is 49.9 Å². The molecule has 3 heterocycles. The summed E-state index contributed by atoms with van der Waals surface area (Å²) in [6, 6.07) is 9.47. The Labute approximate surface area is 121 Å². The van der Waals surface area contributed by atoms with Crippen LogP contribution in [0.2, 0.25) is 0 Å². The van der Waals surface area contributed by atoms with Crippen molar-refractivity contribution in [2.24, 2.45) is 5.92 Å². The highest BCUT2D eigenvalue weighted by atomic mass is 15.2. The third kappa shape index (κ3) is 1.89. The molecule has 0 radical (unpaired) electrons. The maximum atomic E-state index is 3.74. The van der Waals surface area contributed by atoms with Gasteiger partial charge in [0.1, 0.15) is 0 Å². The van der Waals surface area contributed by atoms with Gasteiger partial charge in [0.25, 0.3) is 0 Å². The molecular weight excluding hydrogens is 244 g/mol. The molecule has 0 bridgehead atoms. The summed E-state index contributed by atoms with van der Waals surface area (Å²) in [5.41, 5.74) is 4.45. The van der Waals surface area contributed by atoms with Gasteiger partial charge in [0.15, 0.2) is 0 Å². The molecule has 0 spiro atoms. The maximum Gasteiger partial charge on any atom is 0.0504 e. The number of para-hydroxylation sites is 1. The van der Waals surface area contributed by atoms with Crippen LogP contribution in [0.15, 0.2) is 24.3 Å². The minimum absolute atomic E-state index is 0.649. The molecular formula is C18H24N2. The van der Waals surface area contributed by atoms with Crippen molar-refractivity contribution in [3.63, 3.8) is 0 Å². The molecule has 1 fully saturated rings. The minimum Gasteiger partial charge on any atom is -0.357 e. The molecule has 2 aromatic rings. The molecule has 2 aliphatic rings. The molecule has 4 rings (SSSR count). The van der Waals surface area contributed by atoms with E-state index in [0.717, 1.165) is 5.92 Å². The zero-order chi connectivity index (χ0) is 13.5. The number of fused-ring (bicyclic) bond motifs is 5. The van der Waals surface area contributed by atoms with Crippen molar-refractivity contribution in [2.45, 2.75) is 45.1 Å². The number of piperidine rings is 1. The van der Waals surface area contributed by atoms with Crippen molar-refractivity contribution >= 4 is 10.9 Å². The highest BCUT2D eigenvalue weighted by Gasteiger charge is 2.34. The second-order valence-electron chi connectivity index (χ2n) is 6.54. The van der Waals surface area contributed by atoms with Crippen molar-refractivity contribution in [1.82, 2.24) is 9.88 Å². The van der Waals surface area contributed by atoms with Gasteiger partial charge < -0.3 is 4.98 Å². The normalized spacial score (nSPS) is 26.4. The lowest BCUT2D eigenvalue weighted by Gasteiger charge is -2.42. The van der Waals surface area contributed by atoms with E-state index in [2.05, 4.69) is 41.1 Å². The van der Waals surface area contributed by atoms with E-state index in [0.29, 0.717) is 6.04 Å². The average Bonchev–Trinajstić information content (AvgIpc) is 2.87. The standard InChI is InChI=1S/C18H24N2/c1-2-5-13-8-10-20-11-9-15-14-6-3-4-7-16(14)19-18(15)17(20)12-13/h3-4,6-7,13,17,19H,2,5,8-12H2,1H3/t13-,17-/m0/s1. The van der Waals surface area contributed by atoms with E-state index in [1.807, 2.05) is 0 Å². The highest BCUT2D eigenvalue weighted by molar-refractivity contribution is 5.85. The molecule has 0 saturated carbocycles. The Morgan fingerprint density at radius 3 is 3.05 bits per heavy atom. The van der Waals surface area contributed by atoms with Crippen LogP contribution in [0.4, 0.5) is 0 Å². The van der Waals surface area contributed by atoms with Crippen LogP contribution in [-0.4, -0.2) is 23.0 Å². The lowest BCUT2D eigenvalue weighted by molar-refractivity contribution is 0.0972. The van der Waals surface area contributed by atoms with Crippen molar-refractivity contribution < 1.29 is 0 Å². The van der Waals surface area contributed by atoms with Crippen LogP contribution in [0, 0.1) is 5.92 Å². The van der Waals surface area contributed by atoms with Gasteiger partial charge in [-0.05, 0) is 43.4 Å². The van der Waals surface area contributed by atoms with Gasteiger partial charge in [-0.15, -0.1) is 0 Å². The van der Waals surface area contributed by atoms with E-state index in [9.17, 15) is 0 Å². The summed E-state index contributed by atoms with van der Waals surface area (Å²) in [4.78, 5) is 6.45. The molecule has 2 aliphatic heterocycles. The molecule has 0 amide bonds. The number of rotatable bonds is 2. The Morgan fingerprint density at radius 1 is 1.25 bits per heavy atom. The Balaban J connectivity index is 1.73. The fourth-order valence-corrected chi connectivity index (χ4v) is 4.36. The van der Waals surface area contributed by atoms with Gasteiger partial charge in [-0.25, -0.2) is 0 Å². The summed E-state index contributed by atoms with van der Waals surface area (Å²) < 4.78 is 0. The monoisotopic (exact) mass is 268 g/mol. The Bertz CT molecular complexity index is 613. The molecule has 1 aromatic carbocycles. The molecule has 2 atom stereocenters. The summed E-state index contributed by atoms with van der Waals surface area (Å²) in [6.07, 6.45) is 6.71. The predicted molar refractivity (Wildman–Crippen MR) is 83.9 cm³/mol. The average molecular weight is 268 g/mol. The van der Waals surface area contributed by atoms with Crippen molar-refractivity contribution in [3.05, 3.63) is 35.5 Å². The topological polar surface area (TPSA) is 19.0 Å². The Morgan fingerprint density at radius 2 is 2.15 bits per heavy atom. The Kier molecular flexibility index (Phi) is 3.07. The number of benzene rings is 1. The first-order valence-corrected chi connectivity index (χ1v) is 8.20. The molecule has 0 aliphatic carbocycles. The van der Waals surface area contributed by atoms with E-state index in [-0.39, 0.29) is 0 Å². The van der Waals surface area contributed by atoms with E-state index in [1.54, 1.807) is 5.56 Å². The zero-order valence-corrected chi connectivity index (χ0v) is 12.4. The van der Waals surface area contributed by atoms with Crippen LogP contribution in [0.25, 0.3) is 10.9 Å². The first-order chi connectivity index (χ1) is 9.86. The first-order valence-electron chi connectivity index (χ1n) is 8.20. The lowest BCUT2D eigenvalue weighted by atomic mass is 9.83. The van der Waals surface area contributed by atoms with Crippen LogP contribution in [-0.2, 0) is 6.42 Å². The van der Waals surface area contributed by atoms with Crippen LogP contribution in [0.5, 0.6) is 0 Å². The summed E-state index contributed by atoms with van der Waals surface area (Å²) in [5, 5.41) is 1.46. The van der Waals surface area contributed by atoms with Gasteiger partial charge >= 0.3 is 0 Å².